The number of hydrogen-bond donors (Lipinski definition) is 4. The molecule has 2 aromatic carbocycles. The third kappa shape index (κ3) is 12.3. The Bertz CT molecular complexity index is 2420. The first-order valence-corrected chi connectivity index (χ1v) is 26.1. The van der Waals surface area contributed by atoms with Crippen LogP contribution >= 0.6 is 0 Å². The number of rotatable bonds is 9. The number of carbonyl (C=O) groups excluding carboxylic acids is 4. The number of Topliss-reactive ketones (excluding diaryl/α,β-unsaturated/α-hetero) is 2. The topological polar surface area (TPSA) is 204 Å². The summed E-state index contributed by atoms with van der Waals surface area (Å²) in [4.78, 5) is 58.6. The monoisotopic (exact) mass is 999 g/mol. The molecule has 3 aromatic rings. The summed E-state index contributed by atoms with van der Waals surface area (Å²) in [5.41, 5.74) is 3.41. The lowest BCUT2D eigenvalue weighted by atomic mass is 9.81. The molecule has 1 aliphatic carbocycles. The van der Waals surface area contributed by atoms with Crippen LogP contribution in [0.2, 0.25) is 0 Å². The number of benzene rings is 2. The molecule has 1 saturated carbocycles. The Balaban J connectivity index is 1.14. The fourth-order valence-electron chi connectivity index (χ4n) is 11.5. The number of methoxy groups -OCH3 is 2. The van der Waals surface area contributed by atoms with E-state index in [1.54, 1.807) is 33.8 Å². The van der Waals surface area contributed by atoms with Crippen LogP contribution in [0, 0.1) is 29.6 Å². The van der Waals surface area contributed by atoms with Gasteiger partial charge in [-0.15, -0.1) is 0 Å². The van der Waals surface area contributed by atoms with Gasteiger partial charge in [0.15, 0.2) is 0 Å². The third-order valence-corrected chi connectivity index (χ3v) is 16.1. The molecule has 15 atom stereocenters. The molecule has 7 rings (SSSR count). The number of nitrogens with zero attached hydrogens (tertiary/aromatic N) is 2. The fourth-order valence-corrected chi connectivity index (χ4v) is 11.5. The van der Waals surface area contributed by atoms with E-state index >= 15 is 0 Å². The van der Waals surface area contributed by atoms with Gasteiger partial charge in [-0.3, -0.25) is 14.4 Å². The largest absolute Gasteiger partial charge is 0.488 e. The maximum atomic E-state index is 14.6. The lowest BCUT2D eigenvalue weighted by Gasteiger charge is -2.47. The van der Waals surface area contributed by atoms with E-state index < -0.39 is 102 Å². The van der Waals surface area contributed by atoms with E-state index in [2.05, 4.69) is 29.0 Å². The molecule has 4 N–H and O–H groups in total. The number of cyclic esters (lactones) is 1. The molecule has 4 aliphatic rings. The highest BCUT2D eigenvalue weighted by atomic mass is 16.7. The average molecular weight is 999 g/mol. The average Bonchev–Trinajstić information content (AvgIpc) is 3.77. The number of carbonyl (C=O) groups is 4. The molecule has 72 heavy (non-hydrogen) atoms. The van der Waals surface area contributed by atoms with Gasteiger partial charge >= 0.3 is 5.97 Å². The zero-order valence-electron chi connectivity index (χ0n) is 43.4. The minimum absolute atomic E-state index is 0.0456. The van der Waals surface area contributed by atoms with Crippen molar-refractivity contribution in [3.63, 3.8) is 0 Å². The molecule has 2 saturated heterocycles. The molecule has 1 amide bonds. The number of ketones is 2. The standard InChI is InChI=1S/C57H78N2O13/c1-9-40-26-33(2)51(63)34(3)27-49(68-7)53-50(69-8)28-36(5)57(67,72-53)54(64)55(65)59-23-14-13-17-44(59)56(66)71-52(37(6)45(60)31-46(40)61)35(4)25-39-18-21-48(47(62)29-39)70-42-19-20-43-41(30-42)22-24-58(43)32-38-15-11-10-12-16-38/h10-12,15-16,19-20,22,24-26,30,34,36-37,39-40,44-45,47-53,60,62-63,67H,9,13-14,17-18,21,23,27-29,31-32H2,1-8H3/b33-26+,35-25?. The van der Waals surface area contributed by atoms with Crippen molar-refractivity contribution in [2.75, 3.05) is 20.8 Å². The Morgan fingerprint density at radius 2 is 1.60 bits per heavy atom. The number of allylic oxidation sites excluding steroid dienone is 2. The second kappa shape index (κ2) is 24.1. The minimum atomic E-state index is -2.59. The minimum Gasteiger partial charge on any atom is -0.488 e. The van der Waals surface area contributed by atoms with Gasteiger partial charge in [0, 0.05) is 68.6 Å². The van der Waals surface area contributed by atoms with Gasteiger partial charge < -0.3 is 53.6 Å². The van der Waals surface area contributed by atoms with Crippen LogP contribution in [0.25, 0.3) is 10.9 Å². The van der Waals surface area contributed by atoms with Crippen LogP contribution in [-0.2, 0) is 44.7 Å². The number of piperidine rings is 1. The summed E-state index contributed by atoms with van der Waals surface area (Å²) >= 11 is 0. The van der Waals surface area contributed by atoms with Gasteiger partial charge in [-0.05, 0) is 124 Å². The number of aromatic nitrogens is 1. The van der Waals surface area contributed by atoms with Crippen molar-refractivity contribution in [1.29, 1.82) is 0 Å². The molecule has 3 fully saturated rings. The van der Waals surface area contributed by atoms with E-state index in [0.29, 0.717) is 55.4 Å². The number of fused-ring (bicyclic) bond motifs is 4. The maximum Gasteiger partial charge on any atom is 0.329 e. The molecule has 15 nitrogen and oxygen atoms in total. The predicted octanol–water partition coefficient (Wildman–Crippen LogP) is 6.88. The summed E-state index contributed by atoms with van der Waals surface area (Å²) < 4.78 is 32.9. The highest BCUT2D eigenvalue weighted by Crippen LogP contribution is 2.40. The molecule has 394 valence electrons. The number of aliphatic hydroxyl groups is 4. The quantitative estimate of drug-likeness (QED) is 0.0983. The first-order valence-electron chi connectivity index (χ1n) is 26.1. The van der Waals surface area contributed by atoms with E-state index in [1.165, 1.54) is 19.8 Å². The molecular weight excluding hydrogens is 921 g/mol. The summed E-state index contributed by atoms with van der Waals surface area (Å²) in [7, 11) is 2.94. The molecule has 0 spiro atoms. The van der Waals surface area contributed by atoms with Gasteiger partial charge in [0.05, 0.1) is 30.5 Å². The summed E-state index contributed by atoms with van der Waals surface area (Å²) in [6.45, 7) is 11.3. The molecular formula is C57H78N2O13. The molecule has 4 heterocycles. The van der Waals surface area contributed by atoms with Crippen LogP contribution in [0.15, 0.2) is 84.1 Å². The summed E-state index contributed by atoms with van der Waals surface area (Å²) in [5, 5.41) is 48.2. The van der Waals surface area contributed by atoms with E-state index in [-0.39, 0.29) is 43.9 Å². The molecule has 15 heteroatoms. The number of hydrogen-bond acceptors (Lipinski definition) is 13. The Morgan fingerprint density at radius 3 is 2.29 bits per heavy atom. The number of aliphatic hydroxyl groups excluding tert-OH is 3. The van der Waals surface area contributed by atoms with Crippen molar-refractivity contribution in [2.45, 2.75) is 173 Å². The lowest BCUT2D eigenvalue weighted by molar-refractivity contribution is -0.302. The third-order valence-electron chi connectivity index (χ3n) is 16.1. The highest BCUT2D eigenvalue weighted by Gasteiger charge is 2.57. The zero-order chi connectivity index (χ0) is 52.0. The molecule has 2 bridgehead atoms. The zero-order valence-corrected chi connectivity index (χ0v) is 43.4. The Labute approximate surface area is 424 Å². The Hall–Kier alpha value is -4.74. The smallest absolute Gasteiger partial charge is 0.329 e. The highest BCUT2D eigenvalue weighted by molar-refractivity contribution is 6.39. The molecule has 1 aromatic heterocycles. The van der Waals surface area contributed by atoms with Crippen molar-refractivity contribution in [2.24, 2.45) is 29.6 Å². The van der Waals surface area contributed by atoms with Crippen molar-refractivity contribution in [1.82, 2.24) is 9.47 Å². The van der Waals surface area contributed by atoms with Crippen molar-refractivity contribution >= 4 is 34.3 Å². The normalized spacial score (nSPS) is 36.0. The summed E-state index contributed by atoms with van der Waals surface area (Å²) in [6.07, 6.45) is 1.91. The second-order valence-corrected chi connectivity index (χ2v) is 21.2. The lowest BCUT2D eigenvalue weighted by Crippen LogP contribution is -2.64. The summed E-state index contributed by atoms with van der Waals surface area (Å²) in [5.74, 6) is -8.24. The molecule has 15 unspecified atom stereocenters. The van der Waals surface area contributed by atoms with E-state index in [9.17, 15) is 39.6 Å². The SMILES string of the molecule is CCC1/C=C(\C)C(O)C(C)CC(OC)C2OC(O)(C(=O)C(=O)N3CCCCC3C(=O)OC(C(C)=CC3CCC(Oc4ccc5c(ccn5Cc5ccccc5)c4)C(O)C3)C(C)C(O)CC1=O)C(C)CC2OC. The maximum absolute atomic E-state index is 14.6. The van der Waals surface area contributed by atoms with Gasteiger partial charge in [0.1, 0.15) is 35.9 Å². The van der Waals surface area contributed by atoms with Gasteiger partial charge in [0.2, 0.25) is 5.79 Å². The van der Waals surface area contributed by atoms with Crippen molar-refractivity contribution in [3.05, 3.63) is 89.7 Å². The first-order chi connectivity index (χ1) is 34.4. The number of ether oxygens (including phenoxy) is 5. The fraction of sp³-hybridized carbons (Fsp3) is 0.614. The second-order valence-electron chi connectivity index (χ2n) is 21.2. The van der Waals surface area contributed by atoms with Crippen molar-refractivity contribution < 1.29 is 63.3 Å². The van der Waals surface area contributed by atoms with Crippen LogP contribution in [0.4, 0.5) is 0 Å². The molecule has 3 aliphatic heterocycles. The van der Waals surface area contributed by atoms with Gasteiger partial charge in [0.25, 0.3) is 11.7 Å². The van der Waals surface area contributed by atoms with E-state index in [4.69, 9.17) is 23.7 Å². The van der Waals surface area contributed by atoms with Crippen LogP contribution in [0.3, 0.4) is 0 Å². The van der Waals surface area contributed by atoms with E-state index in [1.807, 2.05) is 56.3 Å². The Kier molecular flexibility index (Phi) is 18.4. The van der Waals surface area contributed by atoms with Gasteiger partial charge in [-0.25, -0.2) is 4.79 Å². The van der Waals surface area contributed by atoms with Crippen LogP contribution in [-0.4, -0.2) is 135 Å². The van der Waals surface area contributed by atoms with Crippen LogP contribution in [0.5, 0.6) is 5.75 Å². The number of amides is 1. The Morgan fingerprint density at radius 1 is 0.875 bits per heavy atom. The van der Waals surface area contributed by atoms with E-state index in [0.717, 1.165) is 22.3 Å². The van der Waals surface area contributed by atoms with Crippen LogP contribution < -0.4 is 4.74 Å². The van der Waals surface area contributed by atoms with Crippen molar-refractivity contribution in [3.8, 4) is 5.75 Å². The predicted molar refractivity (Wildman–Crippen MR) is 271 cm³/mol. The first kappa shape index (κ1) is 55.0. The summed E-state index contributed by atoms with van der Waals surface area (Å²) in [6, 6.07) is 17.1. The van der Waals surface area contributed by atoms with Gasteiger partial charge in [-0.1, -0.05) is 70.2 Å². The number of esters is 1. The molecule has 0 radical (unpaired) electrons. The van der Waals surface area contributed by atoms with Crippen LogP contribution in [0.1, 0.15) is 111 Å². The van der Waals surface area contributed by atoms with Gasteiger partial charge in [-0.2, -0.15) is 0 Å².